The van der Waals surface area contributed by atoms with Crippen LogP contribution in [0.15, 0.2) is 18.2 Å². The molecule has 0 aliphatic carbocycles. The van der Waals surface area contributed by atoms with Crippen molar-refractivity contribution in [3.63, 3.8) is 0 Å². The zero-order chi connectivity index (χ0) is 14.8. The Morgan fingerprint density at radius 1 is 1.38 bits per heavy atom. The lowest BCUT2D eigenvalue weighted by atomic mass is 9.99. The first-order valence-corrected chi connectivity index (χ1v) is 7.11. The van der Waals surface area contributed by atoms with Gasteiger partial charge in [0.25, 0.3) is 0 Å². The van der Waals surface area contributed by atoms with Crippen molar-refractivity contribution in [1.82, 2.24) is 25.2 Å². The Kier molecular flexibility index (Phi) is 3.64. The molecule has 7 nitrogen and oxygen atoms in total. The number of aromatic nitrogens is 5. The van der Waals surface area contributed by atoms with Crippen molar-refractivity contribution >= 4 is 11.7 Å². The maximum Gasteiger partial charge on any atom is 0.231 e. The van der Waals surface area contributed by atoms with Crippen LogP contribution in [0.5, 0.6) is 0 Å². The van der Waals surface area contributed by atoms with E-state index in [1.165, 1.54) is 0 Å². The van der Waals surface area contributed by atoms with Crippen molar-refractivity contribution in [1.29, 1.82) is 0 Å². The van der Waals surface area contributed by atoms with E-state index in [9.17, 15) is 4.79 Å². The van der Waals surface area contributed by atoms with Gasteiger partial charge in [0.1, 0.15) is 5.82 Å². The topological polar surface area (TPSA) is 76.8 Å². The number of tetrazole rings is 1. The minimum Gasteiger partial charge on any atom is -0.300 e. The van der Waals surface area contributed by atoms with Gasteiger partial charge in [0.05, 0.1) is 0 Å². The standard InChI is InChI=1S/C14H18N6O/c1-10-4-3-5-12(15-10)19(2)14(21)11-6-7-13-16-17-18-20(13)9-8-11/h3-5,11H,6-9H2,1-2H3. The largest absolute Gasteiger partial charge is 0.300 e. The molecule has 1 atom stereocenters. The molecule has 1 amide bonds. The Labute approximate surface area is 123 Å². The smallest absolute Gasteiger partial charge is 0.231 e. The molecule has 3 heterocycles. The number of hydrogen-bond donors (Lipinski definition) is 0. The maximum absolute atomic E-state index is 12.7. The highest BCUT2D eigenvalue weighted by Crippen LogP contribution is 2.22. The van der Waals surface area contributed by atoms with Crippen molar-refractivity contribution in [3.05, 3.63) is 29.7 Å². The van der Waals surface area contributed by atoms with E-state index >= 15 is 0 Å². The van der Waals surface area contributed by atoms with Crippen LogP contribution in [0, 0.1) is 12.8 Å². The van der Waals surface area contributed by atoms with Gasteiger partial charge >= 0.3 is 0 Å². The lowest BCUT2D eigenvalue weighted by Crippen LogP contribution is -2.34. The van der Waals surface area contributed by atoms with Gasteiger partial charge in [-0.15, -0.1) is 5.10 Å². The number of nitrogens with zero attached hydrogens (tertiary/aromatic N) is 6. The fourth-order valence-electron chi connectivity index (χ4n) is 2.65. The Morgan fingerprint density at radius 3 is 3.05 bits per heavy atom. The molecule has 2 aromatic heterocycles. The summed E-state index contributed by atoms with van der Waals surface area (Å²) >= 11 is 0. The van der Waals surface area contributed by atoms with Crippen molar-refractivity contribution in [2.45, 2.75) is 32.7 Å². The SMILES string of the molecule is Cc1cccc(N(C)C(=O)C2CCc3nnnn3CC2)n1. The molecule has 0 spiro atoms. The number of carbonyl (C=O) groups excluding carboxylic acids is 1. The summed E-state index contributed by atoms with van der Waals surface area (Å²) in [5, 5.41) is 11.6. The molecule has 21 heavy (non-hydrogen) atoms. The molecule has 0 bridgehead atoms. The molecule has 0 radical (unpaired) electrons. The minimum absolute atomic E-state index is 0.0270. The van der Waals surface area contributed by atoms with Crippen molar-refractivity contribution < 1.29 is 4.79 Å². The van der Waals surface area contributed by atoms with Crippen LogP contribution in [-0.2, 0) is 17.8 Å². The third kappa shape index (κ3) is 2.76. The van der Waals surface area contributed by atoms with Gasteiger partial charge in [-0.1, -0.05) is 6.07 Å². The molecule has 7 heteroatoms. The molecule has 0 N–H and O–H groups in total. The molecule has 0 fully saturated rings. The van der Waals surface area contributed by atoms with Gasteiger partial charge < -0.3 is 0 Å². The number of carbonyl (C=O) groups is 1. The number of hydrogen-bond acceptors (Lipinski definition) is 5. The predicted molar refractivity (Wildman–Crippen MR) is 76.6 cm³/mol. The lowest BCUT2D eigenvalue weighted by Gasteiger charge is -2.22. The zero-order valence-corrected chi connectivity index (χ0v) is 12.2. The van der Waals surface area contributed by atoms with Crippen LogP contribution in [0.1, 0.15) is 24.4 Å². The quantitative estimate of drug-likeness (QED) is 0.823. The number of anilines is 1. The number of amides is 1. The van der Waals surface area contributed by atoms with Gasteiger partial charge in [-0.2, -0.15) is 0 Å². The number of pyridine rings is 1. The molecule has 1 unspecified atom stereocenters. The van der Waals surface area contributed by atoms with E-state index in [1.807, 2.05) is 25.1 Å². The molecule has 110 valence electrons. The van der Waals surface area contributed by atoms with Crippen LogP contribution in [0.3, 0.4) is 0 Å². The second-order valence-corrected chi connectivity index (χ2v) is 5.38. The second kappa shape index (κ2) is 5.59. The normalized spacial score (nSPS) is 17.9. The molecule has 3 rings (SSSR count). The lowest BCUT2D eigenvalue weighted by molar-refractivity contribution is -0.122. The van der Waals surface area contributed by atoms with Gasteiger partial charge in [-0.3, -0.25) is 9.69 Å². The second-order valence-electron chi connectivity index (χ2n) is 5.38. The summed E-state index contributed by atoms with van der Waals surface area (Å²) in [6, 6.07) is 5.70. The van der Waals surface area contributed by atoms with Crippen molar-refractivity contribution in [2.75, 3.05) is 11.9 Å². The Bertz CT molecular complexity index is 630. The third-order valence-corrected chi connectivity index (χ3v) is 3.91. The molecular formula is C14H18N6O. The van der Waals surface area contributed by atoms with Gasteiger partial charge in [0.15, 0.2) is 5.82 Å². The molecule has 1 aliphatic heterocycles. The van der Waals surface area contributed by atoms with E-state index < -0.39 is 0 Å². The summed E-state index contributed by atoms with van der Waals surface area (Å²) in [6.07, 6.45) is 2.26. The monoisotopic (exact) mass is 286 g/mol. The van der Waals surface area contributed by atoms with Gasteiger partial charge in [-0.25, -0.2) is 9.67 Å². The summed E-state index contributed by atoms with van der Waals surface area (Å²) in [5.41, 5.74) is 0.906. The third-order valence-electron chi connectivity index (χ3n) is 3.91. The van der Waals surface area contributed by atoms with Crippen LogP contribution in [0.25, 0.3) is 0 Å². The molecule has 0 saturated heterocycles. The van der Waals surface area contributed by atoms with E-state index in [2.05, 4.69) is 20.5 Å². The summed E-state index contributed by atoms with van der Waals surface area (Å²) < 4.78 is 1.79. The van der Waals surface area contributed by atoms with Crippen molar-refractivity contribution in [3.8, 4) is 0 Å². The Balaban J connectivity index is 1.72. The summed E-state index contributed by atoms with van der Waals surface area (Å²) in [6.45, 7) is 2.61. The van der Waals surface area contributed by atoms with E-state index in [4.69, 9.17) is 0 Å². The first kappa shape index (κ1) is 13.7. The first-order valence-electron chi connectivity index (χ1n) is 7.11. The van der Waals surface area contributed by atoms with Crippen LogP contribution >= 0.6 is 0 Å². The first-order chi connectivity index (χ1) is 10.1. The molecule has 0 aromatic carbocycles. The van der Waals surface area contributed by atoms with Crippen LogP contribution < -0.4 is 4.90 Å². The summed E-state index contributed by atoms with van der Waals surface area (Å²) in [4.78, 5) is 18.7. The van der Waals surface area contributed by atoms with Gasteiger partial charge in [0.2, 0.25) is 5.91 Å². The van der Waals surface area contributed by atoms with E-state index in [1.54, 1.807) is 16.6 Å². The summed E-state index contributed by atoms with van der Waals surface area (Å²) in [7, 11) is 1.79. The molecule has 2 aromatic rings. The van der Waals surface area contributed by atoms with E-state index in [0.29, 0.717) is 12.4 Å². The highest BCUT2D eigenvalue weighted by atomic mass is 16.2. The fraction of sp³-hybridized carbons (Fsp3) is 0.500. The average molecular weight is 286 g/mol. The van der Waals surface area contributed by atoms with Crippen LogP contribution in [-0.4, -0.2) is 38.1 Å². The predicted octanol–water partition coefficient (Wildman–Crippen LogP) is 0.992. The Morgan fingerprint density at radius 2 is 2.24 bits per heavy atom. The molecular weight excluding hydrogens is 268 g/mol. The highest BCUT2D eigenvalue weighted by Gasteiger charge is 2.27. The summed E-state index contributed by atoms with van der Waals surface area (Å²) in [5.74, 6) is 1.64. The van der Waals surface area contributed by atoms with Crippen molar-refractivity contribution in [2.24, 2.45) is 5.92 Å². The van der Waals surface area contributed by atoms with E-state index in [0.717, 1.165) is 30.8 Å². The van der Waals surface area contributed by atoms with Gasteiger partial charge in [-0.05, 0) is 42.3 Å². The Hall–Kier alpha value is -2.31. The zero-order valence-electron chi connectivity index (χ0n) is 12.2. The van der Waals surface area contributed by atoms with Gasteiger partial charge in [0, 0.05) is 31.6 Å². The number of rotatable bonds is 2. The van der Waals surface area contributed by atoms with Crippen LogP contribution in [0.4, 0.5) is 5.82 Å². The molecule has 1 aliphatic rings. The fourth-order valence-corrected chi connectivity index (χ4v) is 2.65. The van der Waals surface area contributed by atoms with Crippen LogP contribution in [0.2, 0.25) is 0 Å². The average Bonchev–Trinajstić information content (AvgIpc) is 2.84. The highest BCUT2D eigenvalue weighted by molar-refractivity contribution is 5.93. The number of fused-ring (bicyclic) bond motifs is 1. The maximum atomic E-state index is 12.7. The molecule has 0 saturated carbocycles. The minimum atomic E-state index is -0.0270. The van der Waals surface area contributed by atoms with E-state index in [-0.39, 0.29) is 11.8 Å². The number of aryl methyl sites for hydroxylation is 3.